The van der Waals surface area contributed by atoms with E-state index in [0.29, 0.717) is 12.5 Å². The third kappa shape index (κ3) is 4.25. The van der Waals surface area contributed by atoms with Crippen LogP contribution in [0.3, 0.4) is 0 Å². The number of fused-ring (bicyclic) bond motifs is 1. The molecule has 0 radical (unpaired) electrons. The van der Waals surface area contributed by atoms with Gasteiger partial charge in [0.05, 0.1) is 12.3 Å². The lowest BCUT2D eigenvalue weighted by Crippen LogP contribution is -2.25. The van der Waals surface area contributed by atoms with E-state index in [9.17, 15) is 0 Å². The van der Waals surface area contributed by atoms with Crippen molar-refractivity contribution < 1.29 is 4.74 Å². The summed E-state index contributed by atoms with van der Waals surface area (Å²) < 4.78 is 9.31. The van der Waals surface area contributed by atoms with Crippen molar-refractivity contribution in [3.05, 3.63) is 52.5 Å². The molecule has 1 aliphatic rings. The van der Waals surface area contributed by atoms with Gasteiger partial charge in [0.15, 0.2) is 0 Å². The van der Waals surface area contributed by atoms with Crippen LogP contribution in [0.15, 0.2) is 41.3 Å². The Kier molecular flexibility index (Phi) is 6.15. The van der Waals surface area contributed by atoms with Crippen LogP contribution in [0.2, 0.25) is 5.02 Å². The maximum atomic E-state index is 6.22. The summed E-state index contributed by atoms with van der Waals surface area (Å²) in [7, 11) is 4.08. The number of nitrogens with one attached hydrogen (secondary N) is 1. The van der Waals surface area contributed by atoms with Crippen LogP contribution < -0.4 is 14.4 Å². The predicted molar refractivity (Wildman–Crippen MR) is 108 cm³/mol. The van der Waals surface area contributed by atoms with Crippen molar-refractivity contribution in [3.8, 4) is 5.75 Å². The van der Waals surface area contributed by atoms with Crippen LogP contribution in [0, 0.1) is 0 Å². The fraction of sp³-hybridized carbons (Fsp3) is 0.400. The van der Waals surface area contributed by atoms with Crippen LogP contribution in [-0.4, -0.2) is 27.2 Å². The molecule has 1 unspecified atom stereocenters. The highest BCUT2D eigenvalue weighted by Crippen LogP contribution is 2.37. The summed E-state index contributed by atoms with van der Waals surface area (Å²) in [6, 6.07) is 12.6. The summed E-state index contributed by atoms with van der Waals surface area (Å²) in [5.41, 5.74) is 3.85. The number of halogens is 1. The average molecular weight is 377 g/mol. The third-order valence-electron chi connectivity index (χ3n) is 4.56. The lowest BCUT2D eigenvalue weighted by molar-refractivity contribution is 0.299. The second-order valence-corrected chi connectivity index (χ2v) is 7.94. The minimum atomic E-state index is 0.330. The van der Waals surface area contributed by atoms with Gasteiger partial charge >= 0.3 is 0 Å². The highest BCUT2D eigenvalue weighted by atomic mass is 35.5. The molecule has 0 aromatic heterocycles. The molecule has 3 rings (SSSR count). The van der Waals surface area contributed by atoms with E-state index < -0.39 is 0 Å². The largest absolute Gasteiger partial charge is 0.491 e. The molecule has 0 saturated heterocycles. The number of benzene rings is 2. The van der Waals surface area contributed by atoms with E-state index in [4.69, 9.17) is 16.3 Å². The maximum absolute atomic E-state index is 6.22. The third-order valence-corrected chi connectivity index (χ3v) is 5.49. The SMILES string of the molecule is CCCc1cc(Cl)ccc1C1COc2ccc(SNC)cc2N(C)C1. The van der Waals surface area contributed by atoms with Crippen molar-refractivity contribution in [1.29, 1.82) is 0 Å². The van der Waals surface area contributed by atoms with E-state index in [-0.39, 0.29) is 0 Å². The standard InChI is InChI=1S/C20H25ClN2OS/c1-4-5-14-10-16(21)6-8-18(14)15-12-23(3)19-11-17(25-22-2)7-9-20(19)24-13-15/h6-11,15,22H,4-5,12-13H2,1-3H3. The average Bonchev–Trinajstić information content (AvgIpc) is 2.75. The Morgan fingerprint density at radius 3 is 2.88 bits per heavy atom. The molecule has 1 N–H and O–H groups in total. The minimum absolute atomic E-state index is 0.330. The zero-order valence-electron chi connectivity index (χ0n) is 15.0. The second-order valence-electron chi connectivity index (χ2n) is 6.42. The fourth-order valence-electron chi connectivity index (χ4n) is 3.42. The zero-order chi connectivity index (χ0) is 17.8. The van der Waals surface area contributed by atoms with Crippen LogP contribution in [0.1, 0.15) is 30.4 Å². The van der Waals surface area contributed by atoms with E-state index in [1.807, 2.05) is 13.1 Å². The Bertz CT molecular complexity index is 738. The lowest BCUT2D eigenvalue weighted by Gasteiger charge is -2.24. The number of hydrogen-bond donors (Lipinski definition) is 1. The summed E-state index contributed by atoms with van der Waals surface area (Å²) in [5, 5.41) is 0.812. The van der Waals surface area contributed by atoms with E-state index in [1.54, 1.807) is 11.9 Å². The molecule has 1 heterocycles. The second kappa shape index (κ2) is 8.35. The molecule has 1 atom stereocenters. The van der Waals surface area contributed by atoms with Gasteiger partial charge in [0.25, 0.3) is 0 Å². The number of rotatable bonds is 5. The van der Waals surface area contributed by atoms with Gasteiger partial charge in [-0.25, -0.2) is 0 Å². The number of likely N-dealkylation sites (N-methyl/N-ethyl adjacent to an activating group) is 1. The molecule has 2 aromatic carbocycles. The molecule has 0 saturated carbocycles. The zero-order valence-corrected chi connectivity index (χ0v) is 16.6. The van der Waals surface area contributed by atoms with Gasteiger partial charge < -0.3 is 9.64 Å². The molecule has 2 aromatic rings. The number of ether oxygens (including phenoxy) is 1. The quantitative estimate of drug-likeness (QED) is 0.731. The van der Waals surface area contributed by atoms with Crippen molar-refractivity contribution in [2.75, 3.05) is 32.1 Å². The normalized spacial score (nSPS) is 17.0. The van der Waals surface area contributed by atoms with Gasteiger partial charge in [-0.3, -0.25) is 4.72 Å². The summed E-state index contributed by atoms with van der Waals surface area (Å²) >= 11 is 7.84. The van der Waals surface area contributed by atoms with Crippen molar-refractivity contribution in [2.45, 2.75) is 30.6 Å². The first-order valence-electron chi connectivity index (χ1n) is 8.72. The van der Waals surface area contributed by atoms with E-state index in [1.165, 1.54) is 16.0 Å². The molecule has 0 spiro atoms. The Hall–Kier alpha value is -1.36. The van der Waals surface area contributed by atoms with Gasteiger partial charge in [-0.2, -0.15) is 0 Å². The van der Waals surface area contributed by atoms with Crippen molar-refractivity contribution in [3.63, 3.8) is 0 Å². The molecule has 1 aliphatic heterocycles. The lowest BCUT2D eigenvalue weighted by atomic mass is 9.92. The summed E-state index contributed by atoms with van der Waals surface area (Å²) in [6.45, 7) is 3.82. The first kappa shape index (κ1) is 18.4. The minimum Gasteiger partial charge on any atom is -0.491 e. The van der Waals surface area contributed by atoms with Crippen molar-refractivity contribution in [2.24, 2.45) is 0 Å². The first-order chi connectivity index (χ1) is 12.1. The molecule has 0 fully saturated rings. The van der Waals surface area contributed by atoms with Crippen LogP contribution in [0.5, 0.6) is 5.75 Å². The number of hydrogen-bond acceptors (Lipinski definition) is 4. The highest BCUT2D eigenvalue weighted by molar-refractivity contribution is 7.97. The molecule has 3 nitrogen and oxygen atoms in total. The Morgan fingerprint density at radius 1 is 1.28 bits per heavy atom. The fourth-order valence-corrected chi connectivity index (χ4v) is 4.15. The summed E-state index contributed by atoms with van der Waals surface area (Å²) in [4.78, 5) is 3.49. The van der Waals surface area contributed by atoms with E-state index in [0.717, 1.165) is 35.8 Å². The van der Waals surface area contributed by atoms with E-state index >= 15 is 0 Å². The molecule has 134 valence electrons. The van der Waals surface area contributed by atoms with Gasteiger partial charge in [0.2, 0.25) is 0 Å². The van der Waals surface area contributed by atoms with Gasteiger partial charge in [0.1, 0.15) is 5.75 Å². The molecular formula is C20H25ClN2OS. The van der Waals surface area contributed by atoms with Crippen LogP contribution in [0.25, 0.3) is 0 Å². The van der Waals surface area contributed by atoms with Crippen LogP contribution >= 0.6 is 23.5 Å². The highest BCUT2D eigenvalue weighted by Gasteiger charge is 2.24. The Balaban J connectivity index is 1.88. The van der Waals surface area contributed by atoms with Crippen molar-refractivity contribution in [1.82, 2.24) is 4.72 Å². The maximum Gasteiger partial charge on any atom is 0.142 e. The Labute approximate surface area is 159 Å². The van der Waals surface area contributed by atoms with Gasteiger partial charge in [0, 0.05) is 29.4 Å². The Morgan fingerprint density at radius 2 is 2.12 bits per heavy atom. The van der Waals surface area contributed by atoms with Gasteiger partial charge in [-0.1, -0.05) is 31.0 Å². The molecule has 25 heavy (non-hydrogen) atoms. The predicted octanol–water partition coefficient (Wildman–Crippen LogP) is 5.13. The van der Waals surface area contributed by atoms with Gasteiger partial charge in [-0.05, 0) is 66.9 Å². The number of nitrogens with zero attached hydrogens (tertiary/aromatic N) is 1. The molecule has 0 bridgehead atoms. The summed E-state index contributed by atoms with van der Waals surface area (Å²) in [5.74, 6) is 1.29. The van der Waals surface area contributed by atoms with Crippen LogP contribution in [0.4, 0.5) is 5.69 Å². The monoisotopic (exact) mass is 376 g/mol. The smallest absolute Gasteiger partial charge is 0.142 e. The van der Waals surface area contributed by atoms with E-state index in [2.05, 4.69) is 53.9 Å². The number of aryl methyl sites for hydroxylation is 1. The summed E-state index contributed by atoms with van der Waals surface area (Å²) in [6.07, 6.45) is 2.16. The molecule has 5 heteroatoms. The van der Waals surface area contributed by atoms with Gasteiger partial charge in [-0.15, -0.1) is 0 Å². The topological polar surface area (TPSA) is 24.5 Å². The van der Waals surface area contributed by atoms with Crippen molar-refractivity contribution >= 4 is 29.2 Å². The molecule has 0 aliphatic carbocycles. The number of anilines is 1. The molecular weight excluding hydrogens is 352 g/mol. The first-order valence-corrected chi connectivity index (χ1v) is 9.91. The molecule has 0 amide bonds. The van der Waals surface area contributed by atoms with Crippen LogP contribution in [-0.2, 0) is 6.42 Å².